The smallest absolute Gasteiger partial charge is 0.160 e. The van der Waals surface area contributed by atoms with E-state index in [1.165, 1.54) is 5.75 Å². The zero-order valence-corrected chi connectivity index (χ0v) is 5.85. The molecule has 0 heterocycles. The maximum atomic E-state index is 11.3. The largest absolute Gasteiger partial charge is 0.442 e. The fourth-order valence-corrected chi connectivity index (χ4v) is 0.814. The van der Waals surface area contributed by atoms with Gasteiger partial charge in [-0.15, -0.1) is 0 Å². The number of halogens is 3. The van der Waals surface area contributed by atoms with Crippen LogP contribution < -0.4 is 0 Å². The number of hydrogen-bond donors (Lipinski definition) is 0. The van der Waals surface area contributed by atoms with Crippen LogP contribution >= 0.6 is 11.8 Å². The molecule has 1 radical (unpaired) electrons. The first kappa shape index (κ1) is 9.14. The molecule has 55 valence electrons. The van der Waals surface area contributed by atoms with E-state index >= 15 is 0 Å². The average Bonchev–Trinajstić information content (AvgIpc) is 1.63. The third-order valence-corrected chi connectivity index (χ3v) is 1.29. The van der Waals surface area contributed by atoms with Crippen molar-refractivity contribution >= 4 is 11.8 Å². The van der Waals surface area contributed by atoms with Crippen molar-refractivity contribution in [3.8, 4) is 0 Å². The first-order valence-electron chi connectivity index (χ1n) is 2.62. The average molecular weight is 157 g/mol. The van der Waals surface area contributed by atoms with Gasteiger partial charge in [-0.25, -0.2) is 0 Å². The van der Waals surface area contributed by atoms with Crippen LogP contribution in [0.2, 0.25) is 0 Å². The van der Waals surface area contributed by atoms with Crippen LogP contribution in [0.15, 0.2) is 0 Å². The number of alkyl halides is 3. The Kier molecular flexibility index (Phi) is 4.10. The minimum absolute atomic E-state index is 0.0669. The predicted molar refractivity (Wildman–Crippen MR) is 32.9 cm³/mol. The van der Waals surface area contributed by atoms with Gasteiger partial charge in [-0.2, -0.15) is 13.2 Å². The molecule has 9 heavy (non-hydrogen) atoms. The van der Waals surface area contributed by atoms with E-state index in [1.807, 2.05) is 6.92 Å². The standard InChI is InChI=1S/C5H8F3S/c1-2-3-4-9-5(6,7)8/h4H,2-3H2,1H3. The lowest BCUT2D eigenvalue weighted by molar-refractivity contribution is -0.0323. The third-order valence-electron chi connectivity index (χ3n) is 0.623. The maximum absolute atomic E-state index is 11.3. The normalized spacial score (nSPS) is 12.0. The molecule has 0 spiro atoms. The summed E-state index contributed by atoms with van der Waals surface area (Å²) in [5.74, 6) is 1.18. The van der Waals surface area contributed by atoms with E-state index in [1.54, 1.807) is 0 Å². The Morgan fingerprint density at radius 3 is 2.33 bits per heavy atom. The molecule has 0 saturated heterocycles. The summed E-state index contributed by atoms with van der Waals surface area (Å²) in [6.45, 7) is 1.84. The number of rotatable bonds is 3. The highest BCUT2D eigenvalue weighted by Gasteiger charge is 2.27. The molecule has 0 aliphatic heterocycles. The molecular formula is C5H8F3S. The van der Waals surface area contributed by atoms with Gasteiger partial charge in [0.05, 0.1) is 0 Å². The molecule has 0 saturated carbocycles. The molecule has 0 bridgehead atoms. The van der Waals surface area contributed by atoms with Crippen LogP contribution in [-0.4, -0.2) is 5.51 Å². The fourth-order valence-electron chi connectivity index (χ4n) is 0.271. The lowest BCUT2D eigenvalue weighted by atomic mass is 10.4. The van der Waals surface area contributed by atoms with Crippen molar-refractivity contribution in [2.45, 2.75) is 25.3 Å². The molecular weight excluding hydrogens is 149 g/mol. The highest BCUT2D eigenvalue weighted by atomic mass is 32.2. The van der Waals surface area contributed by atoms with Gasteiger partial charge in [-0.1, -0.05) is 13.3 Å². The Bertz CT molecular complexity index is 69.1. The first-order chi connectivity index (χ1) is 4.06. The van der Waals surface area contributed by atoms with Crippen molar-refractivity contribution in [3.63, 3.8) is 0 Å². The van der Waals surface area contributed by atoms with Crippen molar-refractivity contribution in [1.29, 1.82) is 0 Å². The van der Waals surface area contributed by atoms with Crippen molar-refractivity contribution in [1.82, 2.24) is 0 Å². The van der Waals surface area contributed by atoms with Gasteiger partial charge >= 0.3 is 5.51 Å². The van der Waals surface area contributed by atoms with Gasteiger partial charge in [-0.05, 0) is 18.2 Å². The summed E-state index contributed by atoms with van der Waals surface area (Å²) in [5, 5.41) is 0. The van der Waals surface area contributed by atoms with Gasteiger partial charge in [0.25, 0.3) is 0 Å². The lowest BCUT2D eigenvalue weighted by Crippen LogP contribution is -1.98. The minimum Gasteiger partial charge on any atom is -0.160 e. The Hall–Kier alpha value is 0.140. The van der Waals surface area contributed by atoms with Gasteiger partial charge < -0.3 is 0 Å². The number of hydrogen-bond acceptors (Lipinski definition) is 1. The lowest BCUT2D eigenvalue weighted by Gasteiger charge is -2.02. The van der Waals surface area contributed by atoms with E-state index in [-0.39, 0.29) is 11.8 Å². The summed E-state index contributed by atoms with van der Waals surface area (Å²) < 4.78 is 33.9. The summed E-state index contributed by atoms with van der Waals surface area (Å²) >= 11 is -0.0669. The van der Waals surface area contributed by atoms with Crippen LogP contribution in [0.1, 0.15) is 19.8 Å². The molecule has 0 amide bonds. The zero-order valence-electron chi connectivity index (χ0n) is 5.03. The van der Waals surface area contributed by atoms with E-state index in [2.05, 4.69) is 0 Å². The van der Waals surface area contributed by atoms with Crippen LogP contribution in [0.25, 0.3) is 0 Å². The van der Waals surface area contributed by atoms with Gasteiger partial charge in [0.2, 0.25) is 0 Å². The molecule has 0 aromatic carbocycles. The Labute approximate surface area is 56.8 Å². The van der Waals surface area contributed by atoms with Crippen molar-refractivity contribution in [2.24, 2.45) is 0 Å². The molecule has 0 aliphatic rings. The highest BCUT2D eigenvalue weighted by molar-refractivity contribution is 8.02. The van der Waals surface area contributed by atoms with Crippen LogP contribution in [0.5, 0.6) is 0 Å². The Balaban J connectivity index is 3.07. The molecule has 0 aromatic heterocycles. The molecule has 0 aliphatic carbocycles. The van der Waals surface area contributed by atoms with Crippen molar-refractivity contribution in [2.75, 3.05) is 0 Å². The second-order valence-corrected chi connectivity index (χ2v) is 2.55. The van der Waals surface area contributed by atoms with Gasteiger partial charge in [0.15, 0.2) is 0 Å². The van der Waals surface area contributed by atoms with E-state index in [4.69, 9.17) is 0 Å². The number of unbranched alkanes of at least 4 members (excludes halogenated alkanes) is 1. The maximum Gasteiger partial charge on any atom is 0.442 e. The van der Waals surface area contributed by atoms with Crippen LogP contribution in [0.3, 0.4) is 0 Å². The SMILES string of the molecule is CCC[CH]SC(F)(F)F. The van der Waals surface area contributed by atoms with Crippen molar-refractivity contribution in [3.05, 3.63) is 5.75 Å². The summed E-state index contributed by atoms with van der Waals surface area (Å²) in [7, 11) is 0. The second-order valence-electron chi connectivity index (χ2n) is 1.52. The predicted octanol–water partition coefficient (Wildman–Crippen LogP) is 3.20. The molecule has 0 N–H and O–H groups in total. The first-order valence-corrected chi connectivity index (χ1v) is 3.50. The molecule has 0 atom stereocenters. The molecule has 0 aromatic rings. The number of thioether (sulfide) groups is 1. The second kappa shape index (κ2) is 4.04. The third kappa shape index (κ3) is 8.14. The molecule has 0 nitrogen and oxygen atoms in total. The molecule has 0 unspecified atom stereocenters. The minimum atomic E-state index is -4.09. The highest BCUT2D eigenvalue weighted by Crippen LogP contribution is 2.33. The quantitative estimate of drug-likeness (QED) is 0.567. The summed E-state index contributed by atoms with van der Waals surface area (Å²) in [6, 6.07) is 0. The van der Waals surface area contributed by atoms with Gasteiger partial charge in [0, 0.05) is 5.75 Å². The van der Waals surface area contributed by atoms with E-state index in [0.29, 0.717) is 6.42 Å². The van der Waals surface area contributed by atoms with Crippen LogP contribution in [-0.2, 0) is 0 Å². The summed E-state index contributed by atoms with van der Waals surface area (Å²) in [5.41, 5.74) is -4.09. The van der Waals surface area contributed by atoms with Crippen LogP contribution in [0.4, 0.5) is 13.2 Å². The molecule has 4 heteroatoms. The van der Waals surface area contributed by atoms with E-state index in [0.717, 1.165) is 6.42 Å². The molecule has 0 rings (SSSR count). The zero-order chi connectivity index (χ0) is 7.33. The fraction of sp³-hybridized carbons (Fsp3) is 0.800. The van der Waals surface area contributed by atoms with E-state index < -0.39 is 5.51 Å². The van der Waals surface area contributed by atoms with Crippen LogP contribution in [0, 0.1) is 5.75 Å². The summed E-state index contributed by atoms with van der Waals surface area (Å²) in [4.78, 5) is 0. The Morgan fingerprint density at radius 2 is 2.00 bits per heavy atom. The molecule has 0 fully saturated rings. The van der Waals surface area contributed by atoms with Gasteiger partial charge in [-0.3, -0.25) is 0 Å². The van der Waals surface area contributed by atoms with Gasteiger partial charge in [0.1, 0.15) is 0 Å². The van der Waals surface area contributed by atoms with E-state index in [9.17, 15) is 13.2 Å². The Morgan fingerprint density at radius 1 is 1.44 bits per heavy atom. The van der Waals surface area contributed by atoms with Crippen molar-refractivity contribution < 1.29 is 13.2 Å². The summed E-state index contributed by atoms with van der Waals surface area (Å²) in [6.07, 6.45) is 1.28. The monoisotopic (exact) mass is 157 g/mol. The topological polar surface area (TPSA) is 0 Å².